The minimum atomic E-state index is 0. The number of hydrogen-bond acceptors (Lipinski definition) is 4. The predicted octanol–water partition coefficient (Wildman–Crippen LogP) is 2.62. The summed E-state index contributed by atoms with van der Waals surface area (Å²) in [6.45, 7) is 9.37. The standard InChI is InChI=1S/C22H32N6O2.HI/c1-5-23-22(24-14-20-16(2)26-28(17(20)3)11-12-30-4)25-18-13-21(29)27(15-18)19-9-7-6-8-10-19;/h6-10,18H,5,11-15H2,1-4H3,(H2,23,24,25);1H. The van der Waals surface area contributed by atoms with Crippen LogP contribution in [0.2, 0.25) is 0 Å². The van der Waals surface area contributed by atoms with E-state index in [1.165, 1.54) is 0 Å². The Hall–Kier alpha value is -2.14. The number of hydrogen-bond donors (Lipinski definition) is 2. The molecule has 1 aromatic carbocycles. The third-order valence-electron chi connectivity index (χ3n) is 5.31. The maximum Gasteiger partial charge on any atom is 0.229 e. The van der Waals surface area contributed by atoms with Gasteiger partial charge in [0.1, 0.15) is 0 Å². The molecule has 1 unspecified atom stereocenters. The van der Waals surface area contributed by atoms with Crippen molar-refractivity contribution in [3.05, 3.63) is 47.3 Å². The number of aromatic nitrogens is 2. The molecule has 1 aliphatic rings. The molecular weight excluding hydrogens is 507 g/mol. The number of aryl methyl sites for hydroxylation is 1. The molecule has 1 atom stereocenters. The number of ether oxygens (including phenoxy) is 1. The molecule has 2 N–H and O–H groups in total. The van der Waals surface area contributed by atoms with Gasteiger partial charge in [0.15, 0.2) is 5.96 Å². The molecule has 0 spiro atoms. The van der Waals surface area contributed by atoms with Crippen LogP contribution in [0.25, 0.3) is 0 Å². The number of nitrogens with one attached hydrogen (secondary N) is 2. The van der Waals surface area contributed by atoms with Crippen LogP contribution in [0.1, 0.15) is 30.3 Å². The van der Waals surface area contributed by atoms with Gasteiger partial charge in [0.25, 0.3) is 0 Å². The van der Waals surface area contributed by atoms with E-state index in [0.717, 1.165) is 35.7 Å². The average molecular weight is 540 g/mol. The minimum absolute atomic E-state index is 0. The molecule has 170 valence electrons. The zero-order chi connectivity index (χ0) is 21.5. The second-order valence-corrected chi connectivity index (χ2v) is 7.45. The number of carbonyl (C=O) groups is 1. The molecule has 1 amide bonds. The maximum atomic E-state index is 12.5. The van der Waals surface area contributed by atoms with Gasteiger partial charge < -0.3 is 20.3 Å². The van der Waals surface area contributed by atoms with Gasteiger partial charge in [-0.1, -0.05) is 18.2 Å². The second kappa shape index (κ2) is 12.0. The Bertz CT molecular complexity index is 884. The number of amides is 1. The Balaban J connectivity index is 0.00000341. The Labute approximate surface area is 201 Å². The molecule has 31 heavy (non-hydrogen) atoms. The summed E-state index contributed by atoms with van der Waals surface area (Å²) >= 11 is 0. The van der Waals surface area contributed by atoms with Gasteiger partial charge in [-0.2, -0.15) is 5.10 Å². The van der Waals surface area contributed by atoms with Crippen LogP contribution in [0, 0.1) is 13.8 Å². The summed E-state index contributed by atoms with van der Waals surface area (Å²) < 4.78 is 7.13. The summed E-state index contributed by atoms with van der Waals surface area (Å²) in [7, 11) is 1.69. The molecule has 9 heteroatoms. The van der Waals surface area contributed by atoms with E-state index in [9.17, 15) is 4.79 Å². The van der Waals surface area contributed by atoms with Gasteiger partial charge in [-0.3, -0.25) is 9.48 Å². The fourth-order valence-corrected chi connectivity index (χ4v) is 3.69. The number of rotatable bonds is 8. The lowest BCUT2D eigenvalue weighted by Crippen LogP contribution is -2.44. The first kappa shape index (κ1) is 25.1. The van der Waals surface area contributed by atoms with E-state index in [0.29, 0.717) is 32.1 Å². The third-order valence-corrected chi connectivity index (χ3v) is 5.31. The highest BCUT2D eigenvalue weighted by Gasteiger charge is 2.31. The van der Waals surface area contributed by atoms with Crippen molar-refractivity contribution < 1.29 is 9.53 Å². The third kappa shape index (κ3) is 6.42. The SMILES string of the molecule is CCNC(=NCc1c(C)nn(CCOC)c1C)NC1CC(=O)N(c2ccccc2)C1.I. The highest BCUT2D eigenvalue weighted by Crippen LogP contribution is 2.21. The number of aliphatic imine (C=N–C) groups is 1. The summed E-state index contributed by atoms with van der Waals surface area (Å²) in [6.07, 6.45) is 0.451. The van der Waals surface area contributed by atoms with E-state index in [1.54, 1.807) is 7.11 Å². The van der Waals surface area contributed by atoms with E-state index in [4.69, 9.17) is 9.73 Å². The average Bonchev–Trinajstić information content (AvgIpc) is 3.24. The summed E-state index contributed by atoms with van der Waals surface area (Å²) in [5.74, 6) is 0.842. The van der Waals surface area contributed by atoms with Crippen LogP contribution in [-0.4, -0.2) is 54.5 Å². The van der Waals surface area contributed by atoms with Crippen LogP contribution in [0.3, 0.4) is 0 Å². The number of benzene rings is 1. The van der Waals surface area contributed by atoms with Crippen molar-refractivity contribution in [2.75, 3.05) is 31.7 Å². The fourth-order valence-electron chi connectivity index (χ4n) is 3.69. The van der Waals surface area contributed by atoms with Crippen molar-refractivity contribution >= 4 is 41.5 Å². The van der Waals surface area contributed by atoms with Gasteiger partial charge in [0.05, 0.1) is 31.4 Å². The summed E-state index contributed by atoms with van der Waals surface area (Å²) in [5.41, 5.74) is 4.14. The molecule has 3 rings (SSSR count). The van der Waals surface area contributed by atoms with Crippen LogP contribution >= 0.6 is 24.0 Å². The van der Waals surface area contributed by atoms with Crippen LogP contribution in [0.5, 0.6) is 0 Å². The second-order valence-electron chi connectivity index (χ2n) is 7.45. The molecule has 1 saturated heterocycles. The maximum absolute atomic E-state index is 12.5. The van der Waals surface area contributed by atoms with Crippen LogP contribution in [0.4, 0.5) is 5.69 Å². The Morgan fingerprint density at radius 3 is 2.71 bits per heavy atom. The molecule has 2 heterocycles. The van der Waals surface area contributed by atoms with Crippen molar-refractivity contribution in [3.8, 4) is 0 Å². The Morgan fingerprint density at radius 2 is 2.03 bits per heavy atom. The highest BCUT2D eigenvalue weighted by molar-refractivity contribution is 14.0. The molecule has 8 nitrogen and oxygen atoms in total. The molecular formula is C22H33IN6O2. The lowest BCUT2D eigenvalue weighted by Gasteiger charge is -2.19. The molecule has 0 aliphatic carbocycles. The summed E-state index contributed by atoms with van der Waals surface area (Å²) in [6, 6.07) is 9.80. The first-order chi connectivity index (χ1) is 14.5. The number of halogens is 1. The van der Waals surface area contributed by atoms with Crippen LogP contribution in [-0.2, 0) is 22.6 Å². The van der Waals surface area contributed by atoms with Gasteiger partial charge in [0, 0.05) is 43.6 Å². The van der Waals surface area contributed by atoms with E-state index in [2.05, 4.69) is 22.7 Å². The predicted molar refractivity (Wildman–Crippen MR) is 134 cm³/mol. The zero-order valence-corrected chi connectivity index (χ0v) is 21.1. The monoisotopic (exact) mass is 540 g/mol. The van der Waals surface area contributed by atoms with Crippen molar-refractivity contribution in [3.63, 3.8) is 0 Å². The number of guanidine groups is 1. The first-order valence-corrected chi connectivity index (χ1v) is 10.5. The quantitative estimate of drug-likeness (QED) is 0.306. The van der Waals surface area contributed by atoms with E-state index < -0.39 is 0 Å². The van der Waals surface area contributed by atoms with Gasteiger partial charge in [0.2, 0.25) is 5.91 Å². The number of methoxy groups -OCH3 is 1. The van der Waals surface area contributed by atoms with E-state index >= 15 is 0 Å². The fraction of sp³-hybridized carbons (Fsp3) is 0.500. The first-order valence-electron chi connectivity index (χ1n) is 10.5. The lowest BCUT2D eigenvalue weighted by atomic mass is 10.2. The number of nitrogens with zero attached hydrogens (tertiary/aromatic N) is 4. The highest BCUT2D eigenvalue weighted by atomic mass is 127. The minimum Gasteiger partial charge on any atom is -0.383 e. The molecule has 2 aromatic rings. The van der Waals surface area contributed by atoms with Crippen LogP contribution < -0.4 is 15.5 Å². The molecule has 1 aliphatic heterocycles. The molecule has 1 fully saturated rings. The normalized spacial score (nSPS) is 16.4. The smallest absolute Gasteiger partial charge is 0.229 e. The number of para-hydroxylation sites is 1. The number of anilines is 1. The molecule has 0 radical (unpaired) electrons. The summed E-state index contributed by atoms with van der Waals surface area (Å²) in [4.78, 5) is 19.1. The van der Waals surface area contributed by atoms with Crippen LogP contribution in [0.15, 0.2) is 35.3 Å². The van der Waals surface area contributed by atoms with Crippen molar-refractivity contribution in [1.82, 2.24) is 20.4 Å². The lowest BCUT2D eigenvalue weighted by molar-refractivity contribution is -0.117. The largest absolute Gasteiger partial charge is 0.383 e. The zero-order valence-electron chi connectivity index (χ0n) is 18.7. The van der Waals surface area contributed by atoms with Gasteiger partial charge in [-0.25, -0.2) is 4.99 Å². The van der Waals surface area contributed by atoms with E-state index in [-0.39, 0.29) is 35.9 Å². The van der Waals surface area contributed by atoms with Gasteiger partial charge in [-0.05, 0) is 32.9 Å². The molecule has 0 saturated carbocycles. The Kier molecular flexibility index (Phi) is 9.76. The molecule has 0 bridgehead atoms. The van der Waals surface area contributed by atoms with Gasteiger partial charge in [-0.15, -0.1) is 24.0 Å². The van der Waals surface area contributed by atoms with E-state index in [1.807, 2.05) is 53.8 Å². The van der Waals surface area contributed by atoms with Crippen molar-refractivity contribution in [2.45, 2.75) is 46.3 Å². The topological polar surface area (TPSA) is 83.8 Å². The summed E-state index contributed by atoms with van der Waals surface area (Å²) in [5, 5.41) is 11.3. The molecule has 1 aromatic heterocycles. The number of carbonyl (C=O) groups excluding carboxylic acids is 1. The van der Waals surface area contributed by atoms with Crippen molar-refractivity contribution in [2.24, 2.45) is 4.99 Å². The van der Waals surface area contributed by atoms with Gasteiger partial charge >= 0.3 is 0 Å². The van der Waals surface area contributed by atoms with Crippen molar-refractivity contribution in [1.29, 1.82) is 0 Å². The Morgan fingerprint density at radius 1 is 1.29 bits per heavy atom.